The first kappa shape index (κ1) is 18.1. The van der Waals surface area contributed by atoms with Crippen molar-refractivity contribution in [2.24, 2.45) is 0 Å². The number of halogens is 2. The predicted molar refractivity (Wildman–Crippen MR) is 81.5 cm³/mol. The number of aliphatic hydroxyl groups is 1. The van der Waals surface area contributed by atoms with Gasteiger partial charge in [-0.1, -0.05) is 0 Å². The number of nitrogens with one attached hydrogen (secondary N) is 1. The summed E-state index contributed by atoms with van der Waals surface area (Å²) in [6.45, 7) is 1.45. The average molecular weight is 342 g/mol. The van der Waals surface area contributed by atoms with Gasteiger partial charge in [-0.15, -0.1) is 0 Å². The second-order valence-electron chi connectivity index (χ2n) is 5.83. The molecule has 1 aliphatic heterocycles. The lowest BCUT2D eigenvalue weighted by Gasteiger charge is -2.17. The summed E-state index contributed by atoms with van der Waals surface area (Å²) in [5.74, 6) is -2.92. The van der Waals surface area contributed by atoms with Crippen LogP contribution in [0.5, 0.6) is 5.75 Å². The van der Waals surface area contributed by atoms with E-state index in [4.69, 9.17) is 9.84 Å². The number of amides is 2. The predicted octanol–water partition coefficient (Wildman–Crippen LogP) is 0.786. The fourth-order valence-electron chi connectivity index (χ4n) is 2.68. The molecule has 1 aliphatic rings. The van der Waals surface area contributed by atoms with E-state index >= 15 is 0 Å². The van der Waals surface area contributed by atoms with Crippen molar-refractivity contribution in [3.63, 3.8) is 0 Å². The third-order valence-electron chi connectivity index (χ3n) is 3.84. The maximum Gasteiger partial charge on any atom is 0.239 e. The van der Waals surface area contributed by atoms with Crippen LogP contribution in [0.25, 0.3) is 0 Å². The second-order valence-corrected chi connectivity index (χ2v) is 5.83. The zero-order valence-corrected chi connectivity index (χ0v) is 13.5. The molecule has 2 rings (SSSR count). The number of hydrogen-bond donors (Lipinski definition) is 2. The van der Waals surface area contributed by atoms with Gasteiger partial charge in [0.2, 0.25) is 11.8 Å². The van der Waals surface area contributed by atoms with Crippen LogP contribution in [0.1, 0.15) is 24.8 Å². The fourth-order valence-corrected chi connectivity index (χ4v) is 2.68. The van der Waals surface area contributed by atoms with Gasteiger partial charge in [-0.05, 0) is 6.92 Å². The highest BCUT2D eigenvalue weighted by Gasteiger charge is 2.35. The van der Waals surface area contributed by atoms with Crippen LogP contribution in [0.15, 0.2) is 12.1 Å². The van der Waals surface area contributed by atoms with Crippen molar-refractivity contribution in [3.8, 4) is 5.75 Å². The standard InChI is InChI=1S/C16H20F2N2O4/c1-9(21)6-19-14(22)8-20-7-10(3-15(20)23)16-12(17)4-11(24-2)5-13(16)18/h4-5,9-10,21H,3,6-8H2,1-2H3,(H,19,22)/t9?,10-/m0/s1. The normalized spacial score (nSPS) is 18.6. The van der Waals surface area contributed by atoms with Gasteiger partial charge in [0.15, 0.2) is 0 Å². The van der Waals surface area contributed by atoms with Crippen LogP contribution in [0.4, 0.5) is 8.78 Å². The zero-order chi connectivity index (χ0) is 17.9. The number of hydrogen-bond acceptors (Lipinski definition) is 4. The van der Waals surface area contributed by atoms with Crippen LogP contribution in [0, 0.1) is 11.6 Å². The molecule has 1 unspecified atom stereocenters. The van der Waals surface area contributed by atoms with E-state index in [1.165, 1.54) is 18.9 Å². The van der Waals surface area contributed by atoms with Crippen LogP contribution < -0.4 is 10.1 Å². The molecule has 8 heteroatoms. The minimum absolute atomic E-state index is 0.0566. The van der Waals surface area contributed by atoms with E-state index in [1.807, 2.05) is 0 Å². The first-order chi connectivity index (χ1) is 11.3. The average Bonchev–Trinajstić information content (AvgIpc) is 2.84. The van der Waals surface area contributed by atoms with E-state index in [9.17, 15) is 18.4 Å². The van der Waals surface area contributed by atoms with E-state index in [0.717, 1.165) is 12.1 Å². The van der Waals surface area contributed by atoms with Crippen LogP contribution in [-0.2, 0) is 9.59 Å². The van der Waals surface area contributed by atoms with Gasteiger partial charge in [0.05, 0.1) is 19.8 Å². The molecule has 1 aromatic carbocycles. The van der Waals surface area contributed by atoms with Crippen LogP contribution in [0.3, 0.4) is 0 Å². The third kappa shape index (κ3) is 4.19. The summed E-state index contributed by atoms with van der Waals surface area (Å²) in [6.07, 6.45) is -0.761. The van der Waals surface area contributed by atoms with Crippen LogP contribution in [0.2, 0.25) is 0 Å². The first-order valence-corrected chi connectivity index (χ1v) is 7.57. The maximum atomic E-state index is 14.1. The summed E-state index contributed by atoms with van der Waals surface area (Å²) >= 11 is 0. The van der Waals surface area contributed by atoms with Gasteiger partial charge in [-0.2, -0.15) is 0 Å². The molecule has 0 radical (unpaired) electrons. The number of rotatable bonds is 6. The molecule has 2 amide bonds. The van der Waals surface area contributed by atoms with Crippen LogP contribution in [-0.4, -0.2) is 54.7 Å². The summed E-state index contributed by atoms with van der Waals surface area (Å²) in [7, 11) is 1.31. The number of methoxy groups -OCH3 is 1. The number of ether oxygens (including phenoxy) is 1. The van der Waals surface area contributed by atoms with E-state index in [-0.39, 0.29) is 43.3 Å². The Kier molecular flexibility index (Phi) is 5.71. The summed E-state index contributed by atoms with van der Waals surface area (Å²) in [6, 6.07) is 2.14. The fraction of sp³-hybridized carbons (Fsp3) is 0.500. The highest BCUT2D eigenvalue weighted by Crippen LogP contribution is 2.33. The van der Waals surface area contributed by atoms with E-state index in [0.29, 0.717) is 0 Å². The minimum Gasteiger partial charge on any atom is -0.497 e. The van der Waals surface area contributed by atoms with Crippen molar-refractivity contribution >= 4 is 11.8 Å². The summed E-state index contributed by atoms with van der Waals surface area (Å²) in [5, 5.41) is 11.6. The number of likely N-dealkylation sites (tertiary alicyclic amines) is 1. The van der Waals surface area contributed by atoms with E-state index < -0.39 is 29.6 Å². The summed E-state index contributed by atoms with van der Waals surface area (Å²) < 4.78 is 33.0. The Balaban J connectivity index is 2.06. The van der Waals surface area contributed by atoms with E-state index in [2.05, 4.69) is 5.32 Å². The topological polar surface area (TPSA) is 78.9 Å². The summed E-state index contributed by atoms with van der Waals surface area (Å²) in [5.41, 5.74) is -0.170. The molecule has 0 aromatic heterocycles. The SMILES string of the molecule is COc1cc(F)c([C@H]2CC(=O)N(CC(=O)NCC(C)O)C2)c(F)c1. The molecule has 2 N–H and O–H groups in total. The third-order valence-corrected chi connectivity index (χ3v) is 3.84. The number of nitrogens with zero attached hydrogens (tertiary/aromatic N) is 1. The Morgan fingerprint density at radius 2 is 2.08 bits per heavy atom. The number of benzene rings is 1. The molecule has 0 saturated carbocycles. The molecule has 2 atom stereocenters. The number of carbonyl (C=O) groups excluding carboxylic acids is 2. The van der Waals surface area contributed by atoms with Crippen molar-refractivity contribution in [3.05, 3.63) is 29.3 Å². The smallest absolute Gasteiger partial charge is 0.239 e. The van der Waals surface area contributed by atoms with Gasteiger partial charge in [0.1, 0.15) is 17.4 Å². The van der Waals surface area contributed by atoms with Gasteiger partial charge in [-0.3, -0.25) is 9.59 Å². The van der Waals surface area contributed by atoms with E-state index in [1.54, 1.807) is 0 Å². The minimum atomic E-state index is -0.773. The highest BCUT2D eigenvalue weighted by atomic mass is 19.1. The Hall–Kier alpha value is -2.22. The molecule has 1 aromatic rings. The molecule has 1 saturated heterocycles. The van der Waals surface area contributed by atoms with Crippen molar-refractivity contribution in [1.82, 2.24) is 10.2 Å². The van der Waals surface area contributed by atoms with Gasteiger partial charge in [0.25, 0.3) is 0 Å². The molecule has 1 heterocycles. The molecular weight excluding hydrogens is 322 g/mol. The molecule has 1 fully saturated rings. The molecule has 0 bridgehead atoms. The Labute approximate surface area is 138 Å². The van der Waals surface area contributed by atoms with Crippen molar-refractivity contribution in [2.45, 2.75) is 25.4 Å². The summed E-state index contributed by atoms with van der Waals surface area (Å²) in [4.78, 5) is 25.0. The monoisotopic (exact) mass is 342 g/mol. The molecule has 24 heavy (non-hydrogen) atoms. The maximum absolute atomic E-state index is 14.1. The Morgan fingerprint density at radius 3 is 2.62 bits per heavy atom. The van der Waals surface area contributed by atoms with Gasteiger partial charge in [-0.25, -0.2) is 8.78 Å². The van der Waals surface area contributed by atoms with Gasteiger partial charge < -0.3 is 20.1 Å². The molecule has 6 nitrogen and oxygen atoms in total. The second kappa shape index (κ2) is 7.57. The lowest BCUT2D eigenvalue weighted by atomic mass is 9.97. The van der Waals surface area contributed by atoms with Crippen molar-refractivity contribution < 1.29 is 28.2 Å². The zero-order valence-electron chi connectivity index (χ0n) is 13.5. The molecule has 0 spiro atoms. The van der Waals surface area contributed by atoms with Crippen molar-refractivity contribution in [1.29, 1.82) is 0 Å². The molecular formula is C16H20F2N2O4. The number of carbonyl (C=O) groups is 2. The Morgan fingerprint density at radius 1 is 1.46 bits per heavy atom. The number of aliphatic hydroxyl groups excluding tert-OH is 1. The lowest BCUT2D eigenvalue weighted by molar-refractivity contribution is -0.133. The van der Waals surface area contributed by atoms with Crippen molar-refractivity contribution in [2.75, 3.05) is 26.7 Å². The lowest BCUT2D eigenvalue weighted by Crippen LogP contribution is -2.40. The largest absolute Gasteiger partial charge is 0.497 e. The van der Waals surface area contributed by atoms with Gasteiger partial charge in [0, 0.05) is 43.1 Å². The molecule has 132 valence electrons. The first-order valence-electron chi connectivity index (χ1n) is 7.57. The van der Waals surface area contributed by atoms with Crippen LogP contribution >= 0.6 is 0 Å². The Bertz CT molecular complexity index is 613. The highest BCUT2D eigenvalue weighted by molar-refractivity contribution is 5.86. The molecule has 0 aliphatic carbocycles. The quantitative estimate of drug-likeness (QED) is 0.801. The van der Waals surface area contributed by atoms with Gasteiger partial charge >= 0.3 is 0 Å².